The van der Waals surface area contributed by atoms with Crippen LogP contribution in [0.15, 0.2) is 4.79 Å². The first-order valence-electron chi connectivity index (χ1n) is 8.59. The van der Waals surface area contributed by atoms with E-state index in [-0.39, 0.29) is 17.6 Å². The number of hydrogen-bond donors (Lipinski definition) is 0. The van der Waals surface area contributed by atoms with Gasteiger partial charge in [0.05, 0.1) is 5.39 Å². The van der Waals surface area contributed by atoms with Crippen molar-refractivity contribution >= 4 is 27.5 Å². The van der Waals surface area contributed by atoms with Crippen molar-refractivity contribution in [3.8, 4) is 0 Å². The van der Waals surface area contributed by atoms with Crippen LogP contribution in [-0.2, 0) is 9.53 Å². The minimum absolute atomic E-state index is 0.00785. The molecule has 1 aliphatic rings. The summed E-state index contributed by atoms with van der Waals surface area (Å²) in [5, 5.41) is 0.625. The quantitative estimate of drug-likeness (QED) is 0.791. The summed E-state index contributed by atoms with van der Waals surface area (Å²) in [7, 11) is 0. The first-order chi connectivity index (χ1) is 11.4. The van der Waals surface area contributed by atoms with Gasteiger partial charge in [-0.3, -0.25) is 9.36 Å². The Kier molecular flexibility index (Phi) is 4.76. The summed E-state index contributed by atoms with van der Waals surface area (Å²) >= 11 is 1.52. The summed E-state index contributed by atoms with van der Waals surface area (Å²) in [6.45, 7) is 7.42. The number of ether oxygens (including phenoxy) is 1. The highest BCUT2D eigenvalue weighted by molar-refractivity contribution is 7.18. The summed E-state index contributed by atoms with van der Waals surface area (Å²) in [4.78, 5) is 31.9. The molecule has 3 rings (SSSR count). The zero-order valence-corrected chi connectivity index (χ0v) is 15.5. The Morgan fingerprint density at radius 2 is 1.92 bits per heavy atom. The van der Waals surface area contributed by atoms with Crippen LogP contribution >= 0.6 is 11.3 Å². The van der Waals surface area contributed by atoms with Crippen molar-refractivity contribution in [2.24, 2.45) is 0 Å². The lowest BCUT2D eigenvalue weighted by Gasteiger charge is -2.24. The standard InChI is InChI=1S/C18H24N2O3S/c1-10-12(3)24-16-15(10)17(21)20(13(4)19-16)11(2)18(22)23-14-8-6-5-7-9-14/h11,14H,5-9H2,1-4H3. The fourth-order valence-corrected chi connectivity index (χ4v) is 4.48. The average molecular weight is 348 g/mol. The van der Waals surface area contributed by atoms with Crippen molar-refractivity contribution in [3.05, 3.63) is 26.6 Å². The predicted molar refractivity (Wildman–Crippen MR) is 95.8 cm³/mol. The third-order valence-corrected chi connectivity index (χ3v) is 6.08. The maximum Gasteiger partial charge on any atom is 0.329 e. The van der Waals surface area contributed by atoms with Gasteiger partial charge in [0.1, 0.15) is 22.8 Å². The lowest BCUT2D eigenvalue weighted by Crippen LogP contribution is -2.34. The second kappa shape index (κ2) is 6.67. The summed E-state index contributed by atoms with van der Waals surface area (Å²) in [6, 6.07) is -0.657. The number of esters is 1. The van der Waals surface area contributed by atoms with Gasteiger partial charge in [0.2, 0.25) is 0 Å². The highest BCUT2D eigenvalue weighted by Gasteiger charge is 2.26. The Labute approximate surface area is 145 Å². The van der Waals surface area contributed by atoms with Gasteiger partial charge in [-0.2, -0.15) is 0 Å². The monoisotopic (exact) mass is 348 g/mol. The summed E-state index contributed by atoms with van der Waals surface area (Å²) in [5.74, 6) is 0.222. The molecule has 0 saturated heterocycles. The van der Waals surface area contributed by atoms with Crippen LogP contribution < -0.4 is 5.56 Å². The molecule has 0 radical (unpaired) electrons. The van der Waals surface area contributed by atoms with E-state index in [0.717, 1.165) is 41.0 Å². The number of aromatic nitrogens is 2. The lowest BCUT2D eigenvalue weighted by molar-refractivity contribution is -0.154. The number of fused-ring (bicyclic) bond motifs is 1. The summed E-state index contributed by atoms with van der Waals surface area (Å²) in [6.07, 6.45) is 5.25. The fraction of sp³-hybridized carbons (Fsp3) is 0.611. The number of aryl methyl sites for hydroxylation is 3. The molecule has 1 saturated carbocycles. The molecule has 6 heteroatoms. The average Bonchev–Trinajstić information content (AvgIpc) is 2.82. The molecule has 0 aliphatic heterocycles. The molecule has 0 bridgehead atoms. The van der Waals surface area contributed by atoms with E-state index in [1.165, 1.54) is 22.3 Å². The molecule has 1 atom stereocenters. The Morgan fingerprint density at radius 1 is 1.25 bits per heavy atom. The highest BCUT2D eigenvalue weighted by Crippen LogP contribution is 2.27. The number of hydrogen-bond acceptors (Lipinski definition) is 5. The van der Waals surface area contributed by atoms with E-state index in [4.69, 9.17) is 4.74 Å². The van der Waals surface area contributed by atoms with Crippen molar-refractivity contribution in [2.45, 2.75) is 71.9 Å². The Balaban J connectivity index is 1.94. The van der Waals surface area contributed by atoms with Crippen molar-refractivity contribution < 1.29 is 9.53 Å². The predicted octanol–water partition coefficient (Wildman–Crippen LogP) is 3.82. The molecule has 0 aromatic carbocycles. The van der Waals surface area contributed by atoms with Crippen LogP contribution in [0.1, 0.15) is 61.3 Å². The number of carbonyl (C=O) groups is 1. The second-order valence-electron chi connectivity index (χ2n) is 6.67. The molecule has 0 spiro atoms. The van der Waals surface area contributed by atoms with Gasteiger partial charge >= 0.3 is 5.97 Å². The van der Waals surface area contributed by atoms with Gasteiger partial charge in [0.25, 0.3) is 5.56 Å². The molecule has 1 unspecified atom stereocenters. The molecule has 2 heterocycles. The normalized spacial score (nSPS) is 17.2. The van der Waals surface area contributed by atoms with Gasteiger partial charge in [-0.1, -0.05) is 6.42 Å². The SMILES string of the molecule is Cc1sc2nc(C)n(C(C)C(=O)OC3CCCCC3)c(=O)c2c1C. The van der Waals surface area contributed by atoms with Crippen LogP contribution in [0.5, 0.6) is 0 Å². The van der Waals surface area contributed by atoms with Gasteiger partial charge in [-0.25, -0.2) is 9.78 Å². The first kappa shape index (κ1) is 17.1. The molecule has 1 fully saturated rings. The fourth-order valence-electron chi connectivity index (χ4n) is 3.42. The van der Waals surface area contributed by atoms with Crippen LogP contribution in [0, 0.1) is 20.8 Å². The van der Waals surface area contributed by atoms with Crippen LogP contribution in [0.25, 0.3) is 10.2 Å². The maximum atomic E-state index is 12.9. The molecule has 2 aromatic rings. The maximum absolute atomic E-state index is 12.9. The minimum Gasteiger partial charge on any atom is -0.461 e. The summed E-state index contributed by atoms with van der Waals surface area (Å²) < 4.78 is 7.12. The highest BCUT2D eigenvalue weighted by atomic mass is 32.1. The molecular formula is C18H24N2O3S. The third-order valence-electron chi connectivity index (χ3n) is 4.97. The molecular weight excluding hydrogens is 324 g/mol. The van der Waals surface area contributed by atoms with Crippen LogP contribution in [0.2, 0.25) is 0 Å². The number of carbonyl (C=O) groups excluding carboxylic acids is 1. The van der Waals surface area contributed by atoms with E-state index in [2.05, 4.69) is 4.98 Å². The van der Waals surface area contributed by atoms with Crippen molar-refractivity contribution in [1.29, 1.82) is 0 Å². The molecule has 0 N–H and O–H groups in total. The number of thiophene rings is 1. The van der Waals surface area contributed by atoms with Gasteiger partial charge in [-0.05, 0) is 58.9 Å². The Morgan fingerprint density at radius 3 is 2.58 bits per heavy atom. The summed E-state index contributed by atoms with van der Waals surface area (Å²) in [5.41, 5.74) is 0.807. The zero-order chi connectivity index (χ0) is 17.4. The van der Waals surface area contributed by atoms with Crippen LogP contribution in [-0.4, -0.2) is 21.6 Å². The van der Waals surface area contributed by atoms with E-state index in [1.807, 2.05) is 13.8 Å². The minimum atomic E-state index is -0.657. The second-order valence-corrected chi connectivity index (χ2v) is 7.87. The molecule has 130 valence electrons. The van der Waals surface area contributed by atoms with Crippen molar-refractivity contribution in [1.82, 2.24) is 9.55 Å². The third kappa shape index (κ3) is 2.99. The van der Waals surface area contributed by atoms with E-state index in [1.54, 1.807) is 13.8 Å². The van der Waals surface area contributed by atoms with Crippen molar-refractivity contribution in [3.63, 3.8) is 0 Å². The first-order valence-corrected chi connectivity index (χ1v) is 9.41. The number of nitrogens with zero attached hydrogens (tertiary/aromatic N) is 2. The van der Waals surface area contributed by atoms with Gasteiger partial charge in [0, 0.05) is 4.88 Å². The van der Waals surface area contributed by atoms with E-state index in [9.17, 15) is 9.59 Å². The topological polar surface area (TPSA) is 61.2 Å². The Bertz CT molecular complexity index is 831. The van der Waals surface area contributed by atoms with E-state index in [0.29, 0.717) is 11.2 Å². The van der Waals surface area contributed by atoms with Gasteiger partial charge in [0.15, 0.2) is 0 Å². The number of rotatable bonds is 3. The molecule has 2 aromatic heterocycles. The van der Waals surface area contributed by atoms with E-state index >= 15 is 0 Å². The molecule has 24 heavy (non-hydrogen) atoms. The van der Waals surface area contributed by atoms with Crippen LogP contribution in [0.3, 0.4) is 0 Å². The molecule has 1 aliphatic carbocycles. The van der Waals surface area contributed by atoms with E-state index < -0.39 is 6.04 Å². The van der Waals surface area contributed by atoms with Gasteiger partial charge < -0.3 is 4.74 Å². The van der Waals surface area contributed by atoms with Crippen molar-refractivity contribution in [2.75, 3.05) is 0 Å². The smallest absolute Gasteiger partial charge is 0.329 e. The zero-order valence-electron chi connectivity index (χ0n) is 14.7. The lowest BCUT2D eigenvalue weighted by atomic mass is 9.98. The van der Waals surface area contributed by atoms with Gasteiger partial charge in [-0.15, -0.1) is 11.3 Å². The van der Waals surface area contributed by atoms with Crippen LogP contribution in [0.4, 0.5) is 0 Å². The molecule has 0 amide bonds. The molecule has 5 nitrogen and oxygen atoms in total. The largest absolute Gasteiger partial charge is 0.461 e. The Hall–Kier alpha value is -1.69.